The van der Waals surface area contributed by atoms with Crippen molar-refractivity contribution in [2.45, 2.75) is 0 Å². The Hall–Kier alpha value is -3.61. The molecule has 0 aliphatic carbocycles. The zero-order valence-corrected chi connectivity index (χ0v) is 12.5. The van der Waals surface area contributed by atoms with Crippen LogP contribution in [0.15, 0.2) is 67.8 Å². The molecule has 1 aromatic carbocycles. The smallest absolute Gasteiger partial charge is 0.181 e. The Morgan fingerprint density at radius 2 is 1.12 bits per heavy atom. The minimum atomic E-state index is 0.498. The zero-order valence-electron chi connectivity index (χ0n) is 12.5. The second kappa shape index (κ2) is 6.25. The van der Waals surface area contributed by atoms with Crippen LogP contribution in [0.25, 0.3) is 34.2 Å². The molecular formula is C17H11N7. The maximum Gasteiger partial charge on any atom is 0.181 e. The zero-order chi connectivity index (χ0) is 16.2. The van der Waals surface area contributed by atoms with Crippen molar-refractivity contribution in [1.29, 1.82) is 0 Å². The first-order valence-electron chi connectivity index (χ1n) is 7.22. The first-order chi connectivity index (χ1) is 11.9. The molecule has 0 saturated carbocycles. The highest BCUT2D eigenvalue weighted by Crippen LogP contribution is 2.26. The Morgan fingerprint density at radius 1 is 0.542 bits per heavy atom. The van der Waals surface area contributed by atoms with Gasteiger partial charge in [0.2, 0.25) is 0 Å². The predicted octanol–water partition coefficient (Wildman–Crippen LogP) is 2.45. The number of hydrogen-bond donors (Lipinski definition) is 0. The van der Waals surface area contributed by atoms with Gasteiger partial charge in [-0.15, -0.1) is 0 Å². The van der Waals surface area contributed by atoms with Gasteiger partial charge in [0.1, 0.15) is 31.0 Å². The van der Waals surface area contributed by atoms with Crippen LogP contribution in [0.5, 0.6) is 0 Å². The van der Waals surface area contributed by atoms with Crippen molar-refractivity contribution in [2.75, 3.05) is 0 Å². The minimum absolute atomic E-state index is 0.498. The van der Waals surface area contributed by atoms with Crippen molar-refractivity contribution in [3.05, 3.63) is 67.8 Å². The van der Waals surface area contributed by atoms with Crippen LogP contribution in [0.4, 0.5) is 0 Å². The van der Waals surface area contributed by atoms with E-state index in [0.717, 1.165) is 16.8 Å². The summed E-state index contributed by atoms with van der Waals surface area (Å²) in [6.07, 6.45) is 5.82. The maximum absolute atomic E-state index is 4.68. The lowest BCUT2D eigenvalue weighted by atomic mass is 10.1. The van der Waals surface area contributed by atoms with Crippen LogP contribution < -0.4 is 0 Å². The van der Waals surface area contributed by atoms with E-state index < -0.39 is 0 Å². The standard InChI is InChI=1S/C17H11N7/c1-2-4-12(5-3-1)14-6-13(16-20-8-18-9-21-16)7-15(24-14)17-22-10-19-11-23-17/h1-11H. The van der Waals surface area contributed by atoms with Gasteiger partial charge < -0.3 is 0 Å². The van der Waals surface area contributed by atoms with Crippen molar-refractivity contribution in [2.24, 2.45) is 0 Å². The molecule has 0 N–H and O–H groups in total. The summed E-state index contributed by atoms with van der Waals surface area (Å²) < 4.78 is 0. The summed E-state index contributed by atoms with van der Waals surface area (Å²) >= 11 is 0. The Kier molecular flexibility index (Phi) is 3.65. The predicted molar refractivity (Wildman–Crippen MR) is 87.3 cm³/mol. The molecule has 0 saturated heterocycles. The van der Waals surface area contributed by atoms with Gasteiger partial charge in [0.15, 0.2) is 11.6 Å². The second-order valence-corrected chi connectivity index (χ2v) is 4.92. The first-order valence-corrected chi connectivity index (χ1v) is 7.22. The van der Waals surface area contributed by atoms with Gasteiger partial charge in [0.25, 0.3) is 0 Å². The summed E-state index contributed by atoms with van der Waals surface area (Å²) in [4.78, 5) is 29.2. The van der Waals surface area contributed by atoms with Crippen molar-refractivity contribution in [3.8, 4) is 34.2 Å². The maximum atomic E-state index is 4.68. The van der Waals surface area contributed by atoms with Gasteiger partial charge in [0.05, 0.1) is 5.69 Å². The quantitative estimate of drug-likeness (QED) is 0.573. The highest BCUT2D eigenvalue weighted by molar-refractivity contribution is 5.71. The molecule has 7 nitrogen and oxygen atoms in total. The molecule has 4 aromatic rings. The molecule has 7 heteroatoms. The van der Waals surface area contributed by atoms with E-state index in [9.17, 15) is 0 Å². The van der Waals surface area contributed by atoms with E-state index in [-0.39, 0.29) is 0 Å². The van der Waals surface area contributed by atoms with E-state index in [1.165, 1.54) is 25.3 Å². The number of nitrogens with zero attached hydrogens (tertiary/aromatic N) is 7. The molecular weight excluding hydrogens is 302 g/mol. The van der Waals surface area contributed by atoms with Crippen LogP contribution >= 0.6 is 0 Å². The SMILES string of the molecule is c1ccc(-c2cc(-c3ncncn3)cc(-c3ncncn3)n2)cc1. The lowest BCUT2D eigenvalue weighted by molar-refractivity contribution is 1.04. The van der Waals surface area contributed by atoms with Crippen LogP contribution in [0, 0.1) is 0 Å². The number of rotatable bonds is 3. The summed E-state index contributed by atoms with van der Waals surface area (Å²) in [6.45, 7) is 0. The largest absolute Gasteiger partial charge is 0.244 e. The number of aromatic nitrogens is 7. The summed E-state index contributed by atoms with van der Waals surface area (Å²) in [5.74, 6) is 1.07. The molecule has 0 radical (unpaired) electrons. The molecule has 0 fully saturated rings. The van der Waals surface area contributed by atoms with Crippen LogP contribution in [0.2, 0.25) is 0 Å². The van der Waals surface area contributed by atoms with Gasteiger partial charge >= 0.3 is 0 Å². The summed E-state index contributed by atoms with van der Waals surface area (Å²) in [5.41, 5.74) is 3.24. The van der Waals surface area contributed by atoms with Crippen LogP contribution in [0.1, 0.15) is 0 Å². The average Bonchev–Trinajstić information content (AvgIpc) is 2.70. The number of hydrogen-bond acceptors (Lipinski definition) is 7. The normalized spacial score (nSPS) is 10.5. The van der Waals surface area contributed by atoms with Crippen LogP contribution in [-0.2, 0) is 0 Å². The van der Waals surface area contributed by atoms with E-state index in [1.54, 1.807) is 0 Å². The molecule has 0 amide bonds. The summed E-state index contributed by atoms with van der Waals surface area (Å²) in [7, 11) is 0. The van der Waals surface area contributed by atoms with Crippen molar-refractivity contribution in [1.82, 2.24) is 34.9 Å². The van der Waals surface area contributed by atoms with E-state index in [2.05, 4.69) is 34.9 Å². The summed E-state index contributed by atoms with van der Waals surface area (Å²) in [5, 5.41) is 0. The molecule has 3 aromatic heterocycles. The molecule has 0 aliphatic rings. The number of benzene rings is 1. The lowest BCUT2D eigenvalue weighted by Gasteiger charge is -2.07. The first kappa shape index (κ1) is 14.0. The minimum Gasteiger partial charge on any atom is -0.244 e. The van der Waals surface area contributed by atoms with Gasteiger partial charge in [-0.2, -0.15) is 0 Å². The van der Waals surface area contributed by atoms with Gasteiger partial charge in [-0.3, -0.25) is 0 Å². The van der Waals surface area contributed by atoms with E-state index in [1.807, 2.05) is 42.5 Å². The Bertz CT molecular complexity index is 805. The monoisotopic (exact) mass is 313 g/mol. The van der Waals surface area contributed by atoms with Crippen LogP contribution in [0.3, 0.4) is 0 Å². The highest BCUT2D eigenvalue weighted by atomic mass is 15.0. The fraction of sp³-hybridized carbons (Fsp3) is 0. The van der Waals surface area contributed by atoms with Crippen LogP contribution in [-0.4, -0.2) is 34.9 Å². The van der Waals surface area contributed by atoms with Crippen molar-refractivity contribution < 1.29 is 0 Å². The molecule has 0 unspecified atom stereocenters. The Balaban J connectivity index is 1.92. The Morgan fingerprint density at radius 3 is 1.79 bits per heavy atom. The summed E-state index contributed by atoms with van der Waals surface area (Å²) in [6, 6.07) is 13.7. The molecule has 3 heterocycles. The third kappa shape index (κ3) is 2.82. The van der Waals surface area contributed by atoms with Gasteiger partial charge in [-0.05, 0) is 12.1 Å². The van der Waals surface area contributed by atoms with Crippen molar-refractivity contribution >= 4 is 0 Å². The molecule has 4 rings (SSSR count). The molecule has 0 aliphatic heterocycles. The van der Waals surface area contributed by atoms with E-state index in [0.29, 0.717) is 17.3 Å². The third-order valence-electron chi connectivity index (χ3n) is 3.37. The van der Waals surface area contributed by atoms with E-state index in [4.69, 9.17) is 0 Å². The molecule has 0 atom stereocenters. The fourth-order valence-electron chi connectivity index (χ4n) is 2.29. The molecule has 114 valence electrons. The highest BCUT2D eigenvalue weighted by Gasteiger charge is 2.11. The Labute approximate surface area is 137 Å². The van der Waals surface area contributed by atoms with Gasteiger partial charge in [-0.1, -0.05) is 30.3 Å². The fourth-order valence-corrected chi connectivity index (χ4v) is 2.29. The average molecular weight is 313 g/mol. The third-order valence-corrected chi connectivity index (χ3v) is 3.37. The lowest BCUT2D eigenvalue weighted by Crippen LogP contribution is -1.97. The van der Waals surface area contributed by atoms with E-state index >= 15 is 0 Å². The second-order valence-electron chi connectivity index (χ2n) is 4.92. The van der Waals surface area contributed by atoms with Gasteiger partial charge in [0, 0.05) is 11.1 Å². The molecule has 0 spiro atoms. The topological polar surface area (TPSA) is 90.2 Å². The van der Waals surface area contributed by atoms with Gasteiger partial charge in [-0.25, -0.2) is 34.9 Å². The molecule has 0 bridgehead atoms. The van der Waals surface area contributed by atoms with Crippen molar-refractivity contribution in [3.63, 3.8) is 0 Å². The number of pyridine rings is 1. The molecule has 24 heavy (non-hydrogen) atoms.